The highest BCUT2D eigenvalue weighted by molar-refractivity contribution is 8.27. The number of ether oxygens (including phenoxy) is 2. The van der Waals surface area contributed by atoms with Crippen molar-refractivity contribution in [2.75, 3.05) is 37.8 Å². The Morgan fingerprint density at radius 2 is 1.94 bits per heavy atom. The topological polar surface area (TPSA) is 102 Å². The summed E-state index contributed by atoms with van der Waals surface area (Å²) in [6.45, 7) is 2.15. The summed E-state index contributed by atoms with van der Waals surface area (Å²) in [6, 6.07) is 12.8. The van der Waals surface area contributed by atoms with Crippen molar-refractivity contribution in [1.82, 2.24) is 4.90 Å². The van der Waals surface area contributed by atoms with Gasteiger partial charge in [0.1, 0.15) is 5.75 Å². The van der Waals surface area contributed by atoms with Gasteiger partial charge in [0.25, 0.3) is 17.5 Å². The average molecular weight is 486 g/mol. The van der Waals surface area contributed by atoms with Crippen molar-refractivity contribution in [3.8, 4) is 5.75 Å². The predicted octanol–water partition coefficient (Wildman–Crippen LogP) is 3.24. The smallest absolute Gasteiger partial charge is 0.271 e. The largest absolute Gasteiger partial charge is 0.484 e. The molecule has 2 fully saturated rings. The molecule has 11 heteroatoms. The van der Waals surface area contributed by atoms with E-state index < -0.39 is 4.92 Å². The van der Waals surface area contributed by atoms with Crippen LogP contribution in [0.2, 0.25) is 0 Å². The number of nitro groups is 1. The van der Waals surface area contributed by atoms with Gasteiger partial charge >= 0.3 is 0 Å². The third-order valence-corrected chi connectivity index (χ3v) is 6.30. The molecule has 2 aromatic rings. The third kappa shape index (κ3) is 5.38. The quantitative estimate of drug-likeness (QED) is 0.266. The molecule has 2 aromatic carbocycles. The summed E-state index contributed by atoms with van der Waals surface area (Å²) in [5, 5.41) is 11.0. The molecule has 0 N–H and O–H groups in total. The number of carbonyl (C=O) groups is 2. The standard InChI is InChI=1S/C22H19N3O6S2/c26-20(23-8-10-30-11-9-23)14-31-18-6-4-15(5-7-18)12-19-21(27)24(22(32)33-19)16-2-1-3-17(13-16)25(28)29/h1-7,12-13H,8-11,14H2/b19-12-. The van der Waals surface area contributed by atoms with Gasteiger partial charge in [-0.2, -0.15) is 0 Å². The van der Waals surface area contributed by atoms with Gasteiger partial charge in [0.15, 0.2) is 10.9 Å². The van der Waals surface area contributed by atoms with Crippen LogP contribution in [0.25, 0.3) is 6.08 Å². The summed E-state index contributed by atoms with van der Waals surface area (Å²) in [4.78, 5) is 39.0. The van der Waals surface area contributed by atoms with Gasteiger partial charge in [0, 0.05) is 25.2 Å². The fourth-order valence-corrected chi connectivity index (χ4v) is 4.60. The molecule has 0 atom stereocenters. The molecule has 0 bridgehead atoms. The van der Waals surface area contributed by atoms with Crippen molar-refractivity contribution in [3.05, 3.63) is 69.1 Å². The summed E-state index contributed by atoms with van der Waals surface area (Å²) >= 11 is 6.46. The highest BCUT2D eigenvalue weighted by Gasteiger charge is 2.34. The number of thioether (sulfide) groups is 1. The molecule has 0 aliphatic carbocycles. The van der Waals surface area contributed by atoms with Gasteiger partial charge in [-0.3, -0.25) is 24.6 Å². The highest BCUT2D eigenvalue weighted by Crippen LogP contribution is 2.37. The van der Waals surface area contributed by atoms with E-state index in [1.54, 1.807) is 41.3 Å². The van der Waals surface area contributed by atoms with E-state index in [0.717, 1.165) is 17.3 Å². The van der Waals surface area contributed by atoms with Gasteiger partial charge < -0.3 is 14.4 Å². The molecular weight excluding hydrogens is 466 g/mol. The number of hydrogen-bond donors (Lipinski definition) is 0. The lowest BCUT2D eigenvalue weighted by molar-refractivity contribution is -0.384. The molecule has 2 amide bonds. The van der Waals surface area contributed by atoms with Gasteiger partial charge in [-0.25, -0.2) is 0 Å². The van der Waals surface area contributed by atoms with E-state index in [9.17, 15) is 19.7 Å². The maximum Gasteiger partial charge on any atom is 0.271 e. The van der Waals surface area contributed by atoms with Crippen molar-refractivity contribution in [1.29, 1.82) is 0 Å². The van der Waals surface area contributed by atoms with Gasteiger partial charge in [0.2, 0.25) is 0 Å². The van der Waals surface area contributed by atoms with Crippen molar-refractivity contribution < 1.29 is 24.0 Å². The van der Waals surface area contributed by atoms with Gasteiger partial charge in [-0.15, -0.1) is 0 Å². The number of benzene rings is 2. The highest BCUT2D eigenvalue weighted by atomic mass is 32.2. The molecule has 2 aliphatic rings. The molecule has 0 saturated carbocycles. The second-order valence-electron chi connectivity index (χ2n) is 7.14. The van der Waals surface area contributed by atoms with Gasteiger partial charge in [0.05, 0.1) is 28.7 Å². The van der Waals surface area contributed by atoms with E-state index in [1.165, 1.54) is 23.1 Å². The second kappa shape index (κ2) is 10.1. The lowest BCUT2D eigenvalue weighted by Crippen LogP contribution is -2.42. The van der Waals surface area contributed by atoms with Gasteiger partial charge in [-0.05, 0) is 29.8 Å². The maximum atomic E-state index is 12.9. The van der Waals surface area contributed by atoms with Crippen LogP contribution in [0.5, 0.6) is 5.75 Å². The minimum atomic E-state index is -0.519. The molecule has 2 heterocycles. The first-order chi connectivity index (χ1) is 15.9. The maximum absolute atomic E-state index is 12.9. The molecular formula is C22H19N3O6S2. The van der Waals surface area contributed by atoms with Crippen LogP contribution >= 0.6 is 24.0 Å². The number of rotatable bonds is 6. The van der Waals surface area contributed by atoms with Crippen LogP contribution in [0, 0.1) is 10.1 Å². The summed E-state index contributed by atoms with van der Waals surface area (Å²) in [5.41, 5.74) is 0.985. The molecule has 2 saturated heterocycles. The first-order valence-corrected chi connectivity index (χ1v) is 11.3. The van der Waals surface area contributed by atoms with E-state index >= 15 is 0 Å². The summed E-state index contributed by atoms with van der Waals surface area (Å²) in [7, 11) is 0. The SMILES string of the molecule is O=C(COc1ccc(/C=C2\SC(=S)N(c3cccc([N+](=O)[O-])c3)C2=O)cc1)N1CCOCC1. The Balaban J connectivity index is 1.41. The van der Waals surface area contributed by atoms with Crippen LogP contribution in [0.1, 0.15) is 5.56 Å². The first kappa shape index (κ1) is 22.9. The van der Waals surface area contributed by atoms with Crippen molar-refractivity contribution >= 4 is 57.6 Å². The molecule has 0 aromatic heterocycles. The number of anilines is 1. The Labute approximate surface area is 199 Å². The Kier molecular flexibility index (Phi) is 7.02. The third-order valence-electron chi connectivity index (χ3n) is 5.00. The number of nitro benzene ring substituents is 1. The summed E-state index contributed by atoms with van der Waals surface area (Å²) in [6.07, 6.45) is 1.69. The zero-order chi connectivity index (χ0) is 23.4. The molecule has 0 unspecified atom stereocenters. The van der Waals surface area contributed by atoms with Crippen LogP contribution in [0.4, 0.5) is 11.4 Å². The Morgan fingerprint density at radius 1 is 1.21 bits per heavy atom. The van der Waals surface area contributed by atoms with Crippen LogP contribution in [-0.4, -0.2) is 58.9 Å². The Bertz CT molecular complexity index is 1130. The number of non-ortho nitro benzene ring substituents is 1. The van der Waals surface area contributed by atoms with Crippen molar-refractivity contribution in [2.24, 2.45) is 0 Å². The van der Waals surface area contributed by atoms with Crippen molar-refractivity contribution in [3.63, 3.8) is 0 Å². The van der Waals surface area contributed by atoms with E-state index in [1.807, 2.05) is 0 Å². The fourth-order valence-electron chi connectivity index (χ4n) is 3.30. The molecule has 33 heavy (non-hydrogen) atoms. The monoisotopic (exact) mass is 485 g/mol. The number of carbonyl (C=O) groups excluding carboxylic acids is 2. The van der Waals surface area contributed by atoms with E-state index in [-0.39, 0.29) is 24.1 Å². The summed E-state index contributed by atoms with van der Waals surface area (Å²) < 4.78 is 11.1. The number of amides is 2. The number of nitrogens with zero attached hydrogens (tertiary/aromatic N) is 3. The minimum Gasteiger partial charge on any atom is -0.484 e. The number of thiocarbonyl (C=S) groups is 1. The Morgan fingerprint density at radius 3 is 2.64 bits per heavy atom. The zero-order valence-corrected chi connectivity index (χ0v) is 19.0. The van der Waals surface area contributed by atoms with Gasteiger partial charge in [-0.1, -0.05) is 42.2 Å². The zero-order valence-electron chi connectivity index (χ0n) is 17.3. The summed E-state index contributed by atoms with van der Waals surface area (Å²) in [5.74, 6) is 0.104. The molecule has 4 rings (SSSR count). The second-order valence-corrected chi connectivity index (χ2v) is 8.82. The Hall–Kier alpha value is -3.28. The first-order valence-electron chi connectivity index (χ1n) is 10.0. The van der Waals surface area contributed by atoms with E-state index in [2.05, 4.69) is 0 Å². The molecule has 0 spiro atoms. The predicted molar refractivity (Wildman–Crippen MR) is 128 cm³/mol. The van der Waals surface area contributed by atoms with E-state index in [4.69, 9.17) is 21.7 Å². The number of hydrogen-bond acceptors (Lipinski definition) is 8. The van der Waals surface area contributed by atoms with Crippen LogP contribution in [-0.2, 0) is 14.3 Å². The molecule has 9 nitrogen and oxygen atoms in total. The minimum absolute atomic E-state index is 0.0543. The van der Waals surface area contributed by atoms with E-state index in [0.29, 0.717) is 47.0 Å². The molecule has 2 aliphatic heterocycles. The molecule has 170 valence electrons. The fraction of sp³-hybridized carbons (Fsp3) is 0.227. The number of morpholine rings is 1. The lowest BCUT2D eigenvalue weighted by Gasteiger charge is -2.26. The lowest BCUT2D eigenvalue weighted by atomic mass is 10.2. The van der Waals surface area contributed by atoms with Crippen LogP contribution in [0.3, 0.4) is 0 Å². The van der Waals surface area contributed by atoms with Crippen molar-refractivity contribution in [2.45, 2.75) is 0 Å². The molecule has 0 radical (unpaired) electrons. The average Bonchev–Trinajstić information content (AvgIpc) is 3.11. The van der Waals surface area contributed by atoms with Crippen LogP contribution < -0.4 is 9.64 Å². The van der Waals surface area contributed by atoms with Crippen LogP contribution in [0.15, 0.2) is 53.4 Å². The normalized spacial score (nSPS) is 17.5.